The van der Waals surface area contributed by atoms with Crippen LogP contribution in [0.15, 0.2) is 66.7 Å². The van der Waals surface area contributed by atoms with Crippen molar-refractivity contribution in [3.63, 3.8) is 0 Å². The Labute approximate surface area is 188 Å². The average Bonchev–Trinajstić information content (AvgIpc) is 3.23. The summed E-state index contributed by atoms with van der Waals surface area (Å²) in [7, 11) is 3.09. The first kappa shape index (κ1) is 20.8. The lowest BCUT2D eigenvalue weighted by molar-refractivity contribution is 0.0975. The molecule has 1 aromatic heterocycles. The highest BCUT2D eigenvalue weighted by Gasteiger charge is 2.15. The Hall–Kier alpha value is -3.49. The maximum absolute atomic E-state index is 12.6. The number of para-hydroxylation sites is 2. The van der Waals surface area contributed by atoms with Gasteiger partial charge in [0.2, 0.25) is 0 Å². The predicted molar refractivity (Wildman–Crippen MR) is 128 cm³/mol. The number of aromatic nitrogens is 1. The summed E-state index contributed by atoms with van der Waals surface area (Å²) in [6.45, 7) is 0. The number of hydrogen-bond donors (Lipinski definition) is 2. The molecule has 0 saturated heterocycles. The Kier molecular flexibility index (Phi) is 6.11. The third-order valence-corrected chi connectivity index (χ3v) is 5.86. The first-order chi connectivity index (χ1) is 15.1. The fraction of sp³-hybridized carbons (Fsp3) is 0.0870. The number of carbonyl (C=O) groups is 1. The van der Waals surface area contributed by atoms with Crippen LogP contribution in [0, 0.1) is 0 Å². The Balaban J connectivity index is 1.56. The molecule has 0 spiro atoms. The second-order valence-electron chi connectivity index (χ2n) is 6.51. The van der Waals surface area contributed by atoms with Crippen LogP contribution in [-0.2, 0) is 0 Å². The van der Waals surface area contributed by atoms with Crippen LogP contribution in [0.4, 0.5) is 5.69 Å². The third kappa shape index (κ3) is 4.50. The van der Waals surface area contributed by atoms with Crippen LogP contribution in [0.5, 0.6) is 11.5 Å². The highest BCUT2D eigenvalue weighted by molar-refractivity contribution is 7.80. The van der Waals surface area contributed by atoms with Crippen LogP contribution in [0.1, 0.15) is 10.4 Å². The van der Waals surface area contributed by atoms with Crippen LogP contribution in [0.25, 0.3) is 20.8 Å². The lowest BCUT2D eigenvalue weighted by atomic mass is 10.2. The number of benzene rings is 3. The van der Waals surface area contributed by atoms with Gasteiger partial charge in [-0.2, -0.15) is 0 Å². The molecule has 3 aromatic carbocycles. The van der Waals surface area contributed by atoms with E-state index in [1.807, 2.05) is 42.5 Å². The van der Waals surface area contributed by atoms with Crippen LogP contribution >= 0.6 is 23.6 Å². The zero-order valence-electron chi connectivity index (χ0n) is 16.8. The van der Waals surface area contributed by atoms with E-state index in [0.717, 1.165) is 20.8 Å². The Morgan fingerprint density at radius 3 is 2.48 bits per heavy atom. The molecule has 0 aliphatic carbocycles. The second-order valence-corrected chi connectivity index (χ2v) is 7.95. The van der Waals surface area contributed by atoms with E-state index in [1.54, 1.807) is 42.7 Å². The monoisotopic (exact) mass is 449 g/mol. The van der Waals surface area contributed by atoms with Crippen molar-refractivity contribution in [2.75, 3.05) is 19.5 Å². The summed E-state index contributed by atoms with van der Waals surface area (Å²) >= 11 is 6.97. The first-order valence-electron chi connectivity index (χ1n) is 9.38. The molecule has 4 rings (SSSR count). The maximum Gasteiger partial charge on any atom is 0.261 e. The summed E-state index contributed by atoms with van der Waals surface area (Å²) in [5, 5.41) is 6.77. The molecule has 31 heavy (non-hydrogen) atoms. The standard InChI is InChI=1S/C23H19N3O3S2/c1-28-18-9-5-3-7-15(18)21(27)26-23(30)25-17-13-14(11-12-19(17)29-2)22-24-16-8-4-6-10-20(16)31-22/h3-13H,1-2H3,(H2,25,26,27,30). The minimum absolute atomic E-state index is 0.149. The van der Waals surface area contributed by atoms with Gasteiger partial charge in [-0.15, -0.1) is 11.3 Å². The highest BCUT2D eigenvalue weighted by atomic mass is 32.1. The van der Waals surface area contributed by atoms with Gasteiger partial charge in [-0.1, -0.05) is 24.3 Å². The normalized spacial score (nSPS) is 10.5. The van der Waals surface area contributed by atoms with Gasteiger partial charge in [-0.25, -0.2) is 4.98 Å². The van der Waals surface area contributed by atoms with Gasteiger partial charge in [0, 0.05) is 5.56 Å². The van der Waals surface area contributed by atoms with Gasteiger partial charge in [-0.05, 0) is 54.7 Å². The molecule has 0 bridgehead atoms. The number of hydrogen-bond acceptors (Lipinski definition) is 6. The van der Waals surface area contributed by atoms with Gasteiger partial charge in [-0.3, -0.25) is 10.1 Å². The number of amides is 1. The van der Waals surface area contributed by atoms with E-state index in [2.05, 4.69) is 10.6 Å². The molecule has 2 N–H and O–H groups in total. The van der Waals surface area contributed by atoms with E-state index in [9.17, 15) is 4.79 Å². The number of thiazole rings is 1. The smallest absolute Gasteiger partial charge is 0.261 e. The van der Waals surface area contributed by atoms with Crippen molar-refractivity contribution in [2.24, 2.45) is 0 Å². The number of fused-ring (bicyclic) bond motifs is 1. The fourth-order valence-corrected chi connectivity index (χ4v) is 4.26. The molecule has 0 saturated carbocycles. The predicted octanol–water partition coefficient (Wildman–Crippen LogP) is 5.11. The summed E-state index contributed by atoms with van der Waals surface area (Å²) in [5.41, 5.74) is 2.89. The van der Waals surface area contributed by atoms with Gasteiger partial charge >= 0.3 is 0 Å². The van der Waals surface area contributed by atoms with E-state index in [0.29, 0.717) is 22.7 Å². The van der Waals surface area contributed by atoms with E-state index < -0.39 is 0 Å². The second kappa shape index (κ2) is 9.11. The van der Waals surface area contributed by atoms with Crippen molar-refractivity contribution in [2.45, 2.75) is 0 Å². The Morgan fingerprint density at radius 2 is 1.71 bits per heavy atom. The van der Waals surface area contributed by atoms with Crippen LogP contribution < -0.4 is 20.1 Å². The van der Waals surface area contributed by atoms with Crippen molar-refractivity contribution in [3.05, 3.63) is 72.3 Å². The number of rotatable bonds is 5. The number of anilines is 1. The minimum atomic E-state index is -0.365. The minimum Gasteiger partial charge on any atom is -0.496 e. The third-order valence-electron chi connectivity index (χ3n) is 4.57. The van der Waals surface area contributed by atoms with Gasteiger partial charge in [0.05, 0.1) is 35.7 Å². The molecule has 1 amide bonds. The topological polar surface area (TPSA) is 72.5 Å². The van der Waals surface area contributed by atoms with E-state index >= 15 is 0 Å². The number of nitrogens with zero attached hydrogens (tertiary/aromatic N) is 1. The highest BCUT2D eigenvalue weighted by Crippen LogP contribution is 2.34. The number of methoxy groups -OCH3 is 2. The van der Waals surface area contributed by atoms with Crippen molar-refractivity contribution < 1.29 is 14.3 Å². The molecule has 0 aliphatic heterocycles. The molecular weight excluding hydrogens is 430 g/mol. The summed E-state index contributed by atoms with van der Waals surface area (Å²) in [6, 6.07) is 20.6. The molecule has 6 nitrogen and oxygen atoms in total. The molecule has 4 aromatic rings. The van der Waals surface area contributed by atoms with Crippen LogP contribution in [0.3, 0.4) is 0 Å². The lowest BCUT2D eigenvalue weighted by Crippen LogP contribution is -2.34. The molecule has 0 radical (unpaired) electrons. The van der Waals surface area contributed by atoms with Crippen molar-refractivity contribution in [1.82, 2.24) is 10.3 Å². The Morgan fingerprint density at radius 1 is 0.968 bits per heavy atom. The van der Waals surface area contributed by atoms with Crippen molar-refractivity contribution in [3.8, 4) is 22.1 Å². The zero-order chi connectivity index (χ0) is 21.8. The van der Waals surface area contributed by atoms with E-state index in [-0.39, 0.29) is 11.0 Å². The SMILES string of the molecule is COc1ccc(-c2nc3ccccc3s2)cc1NC(=S)NC(=O)c1ccccc1OC. The zero-order valence-corrected chi connectivity index (χ0v) is 18.5. The number of carbonyl (C=O) groups excluding carboxylic acids is 1. The lowest BCUT2D eigenvalue weighted by Gasteiger charge is -2.14. The summed E-state index contributed by atoms with van der Waals surface area (Å²) in [4.78, 5) is 17.3. The van der Waals surface area contributed by atoms with Gasteiger partial charge in [0.25, 0.3) is 5.91 Å². The van der Waals surface area contributed by atoms with Crippen molar-refractivity contribution >= 4 is 50.5 Å². The average molecular weight is 450 g/mol. The largest absolute Gasteiger partial charge is 0.496 e. The number of ether oxygens (including phenoxy) is 2. The van der Waals surface area contributed by atoms with Gasteiger partial charge in [0.15, 0.2) is 5.11 Å². The van der Waals surface area contributed by atoms with Crippen LogP contribution in [-0.4, -0.2) is 30.2 Å². The first-order valence-corrected chi connectivity index (χ1v) is 10.6. The summed E-state index contributed by atoms with van der Waals surface area (Å²) < 4.78 is 11.8. The maximum atomic E-state index is 12.6. The number of thiocarbonyl (C=S) groups is 1. The summed E-state index contributed by atoms with van der Waals surface area (Å²) in [6.07, 6.45) is 0. The number of nitrogens with one attached hydrogen (secondary N) is 2. The molecule has 8 heteroatoms. The van der Waals surface area contributed by atoms with Gasteiger partial charge in [0.1, 0.15) is 16.5 Å². The molecule has 0 unspecified atom stereocenters. The summed E-state index contributed by atoms with van der Waals surface area (Å²) in [5.74, 6) is 0.702. The molecule has 156 valence electrons. The van der Waals surface area contributed by atoms with Crippen molar-refractivity contribution in [1.29, 1.82) is 0 Å². The van der Waals surface area contributed by atoms with E-state index in [4.69, 9.17) is 26.7 Å². The van der Waals surface area contributed by atoms with Crippen LogP contribution in [0.2, 0.25) is 0 Å². The molecule has 1 heterocycles. The Bertz CT molecular complexity index is 1240. The quantitative estimate of drug-likeness (QED) is 0.413. The molecule has 0 fully saturated rings. The molecular formula is C23H19N3O3S2. The van der Waals surface area contributed by atoms with E-state index in [1.165, 1.54) is 7.11 Å². The molecule has 0 aliphatic rings. The molecule has 0 atom stereocenters. The van der Waals surface area contributed by atoms with Gasteiger partial charge < -0.3 is 14.8 Å². The fourth-order valence-electron chi connectivity index (χ4n) is 3.09.